The molecule has 7 nitrogen and oxygen atoms in total. The highest BCUT2D eigenvalue weighted by Gasteiger charge is 2.26. The molecule has 2 N–H and O–H groups in total. The lowest BCUT2D eigenvalue weighted by atomic mass is 10.1. The third kappa shape index (κ3) is 6.53. The minimum atomic E-state index is -3.10. The van der Waals surface area contributed by atoms with Gasteiger partial charge in [0.1, 0.15) is 5.75 Å². The molecule has 1 aromatic rings. The largest absolute Gasteiger partial charge is 0.497 e. The van der Waals surface area contributed by atoms with Gasteiger partial charge in [0, 0.05) is 37.2 Å². The molecule has 1 aromatic carbocycles. The summed E-state index contributed by atoms with van der Waals surface area (Å²) >= 11 is 6.29. The maximum atomic E-state index is 12.0. The highest BCUT2D eigenvalue weighted by atomic mass is 35.5. The predicted molar refractivity (Wildman–Crippen MR) is 115 cm³/mol. The van der Waals surface area contributed by atoms with E-state index in [-0.39, 0.29) is 11.8 Å². The first-order valence-electron chi connectivity index (χ1n) is 9.74. The van der Waals surface area contributed by atoms with E-state index in [4.69, 9.17) is 16.3 Å². The van der Waals surface area contributed by atoms with Gasteiger partial charge in [-0.1, -0.05) is 17.7 Å². The molecule has 0 unspecified atom stereocenters. The number of guanidine groups is 1. The average molecular weight is 431 g/mol. The van der Waals surface area contributed by atoms with Crippen molar-refractivity contribution in [2.75, 3.05) is 39.0 Å². The lowest BCUT2D eigenvalue weighted by Gasteiger charge is -2.32. The summed E-state index contributed by atoms with van der Waals surface area (Å²) in [7, 11) is -1.48. The number of benzene rings is 1. The Kier molecular flexibility index (Phi) is 8.85. The molecule has 1 saturated heterocycles. The summed E-state index contributed by atoms with van der Waals surface area (Å²) in [6.07, 6.45) is 2.27. The molecule has 0 amide bonds. The fraction of sp³-hybridized carbons (Fsp3) is 0.632. The number of ether oxygens (including phenoxy) is 1. The third-order valence-electron chi connectivity index (χ3n) is 4.81. The minimum Gasteiger partial charge on any atom is -0.497 e. The second-order valence-electron chi connectivity index (χ2n) is 6.69. The van der Waals surface area contributed by atoms with E-state index >= 15 is 0 Å². The highest BCUT2D eigenvalue weighted by Crippen LogP contribution is 2.22. The Bertz CT molecular complexity index is 762. The van der Waals surface area contributed by atoms with Gasteiger partial charge in [0.15, 0.2) is 5.96 Å². The number of halogens is 1. The standard InChI is InChI=1S/C19H31ClN4O3S/c1-4-21-19(22-11-8-15-6-7-17(27-3)14-18(15)20)23-16-9-12-24(13-10-16)28(25,26)5-2/h6-7,14,16H,4-5,8-13H2,1-3H3,(H2,21,22,23). The van der Waals surface area contributed by atoms with Gasteiger partial charge < -0.3 is 15.4 Å². The number of hydrogen-bond acceptors (Lipinski definition) is 4. The van der Waals surface area contributed by atoms with E-state index in [1.165, 1.54) is 0 Å². The Morgan fingerprint density at radius 2 is 2.04 bits per heavy atom. The molecule has 1 aliphatic heterocycles. The molecule has 0 bridgehead atoms. The molecule has 9 heteroatoms. The summed E-state index contributed by atoms with van der Waals surface area (Å²) < 4.78 is 30.7. The number of methoxy groups -OCH3 is 1. The second-order valence-corrected chi connectivity index (χ2v) is 9.35. The van der Waals surface area contributed by atoms with Crippen molar-refractivity contribution in [3.8, 4) is 5.75 Å². The van der Waals surface area contributed by atoms with E-state index < -0.39 is 10.0 Å². The van der Waals surface area contributed by atoms with Crippen LogP contribution < -0.4 is 15.4 Å². The summed E-state index contributed by atoms with van der Waals surface area (Å²) in [5, 5.41) is 7.36. The second kappa shape index (κ2) is 10.9. The normalized spacial score (nSPS) is 16.8. The van der Waals surface area contributed by atoms with Crippen LogP contribution in [0, 0.1) is 0 Å². The van der Waals surface area contributed by atoms with Gasteiger partial charge in [-0.2, -0.15) is 0 Å². The van der Waals surface area contributed by atoms with Gasteiger partial charge in [0.2, 0.25) is 10.0 Å². The van der Waals surface area contributed by atoms with Gasteiger partial charge in [0.05, 0.1) is 12.9 Å². The zero-order valence-electron chi connectivity index (χ0n) is 16.9. The van der Waals surface area contributed by atoms with Crippen molar-refractivity contribution < 1.29 is 13.2 Å². The van der Waals surface area contributed by atoms with Crippen LogP contribution in [0.3, 0.4) is 0 Å². The van der Waals surface area contributed by atoms with Crippen molar-refractivity contribution in [1.29, 1.82) is 0 Å². The lowest BCUT2D eigenvalue weighted by Crippen LogP contribution is -2.50. The Morgan fingerprint density at radius 3 is 2.61 bits per heavy atom. The van der Waals surface area contributed by atoms with E-state index in [1.54, 1.807) is 18.3 Å². The van der Waals surface area contributed by atoms with Gasteiger partial charge in [-0.05, 0) is 50.8 Å². The molecule has 0 aromatic heterocycles. The number of sulfonamides is 1. The van der Waals surface area contributed by atoms with Crippen molar-refractivity contribution in [1.82, 2.24) is 14.9 Å². The van der Waals surface area contributed by atoms with Crippen LogP contribution in [0.5, 0.6) is 5.75 Å². The molecule has 158 valence electrons. The number of nitrogens with zero attached hydrogens (tertiary/aromatic N) is 2. The number of piperidine rings is 1. The highest BCUT2D eigenvalue weighted by molar-refractivity contribution is 7.89. The van der Waals surface area contributed by atoms with E-state index in [9.17, 15) is 8.42 Å². The average Bonchev–Trinajstić information content (AvgIpc) is 2.69. The molecular weight excluding hydrogens is 400 g/mol. The molecule has 0 spiro atoms. The summed E-state index contributed by atoms with van der Waals surface area (Å²) in [6.45, 7) is 6.17. The van der Waals surface area contributed by atoms with Crippen LogP contribution in [0.25, 0.3) is 0 Å². The van der Waals surface area contributed by atoms with Crippen molar-refractivity contribution in [3.63, 3.8) is 0 Å². The van der Waals surface area contributed by atoms with Gasteiger partial charge in [-0.3, -0.25) is 4.99 Å². The van der Waals surface area contributed by atoms with Crippen LogP contribution >= 0.6 is 11.6 Å². The summed E-state index contributed by atoms with van der Waals surface area (Å²) in [5.41, 5.74) is 1.03. The first-order valence-corrected chi connectivity index (χ1v) is 11.7. The molecule has 0 saturated carbocycles. The Labute approximate surface area is 173 Å². The van der Waals surface area contributed by atoms with E-state index in [0.717, 1.165) is 43.1 Å². The Morgan fingerprint density at radius 1 is 1.32 bits per heavy atom. The van der Waals surface area contributed by atoms with Crippen molar-refractivity contribution in [2.45, 2.75) is 39.2 Å². The molecule has 0 aliphatic carbocycles. The molecule has 2 rings (SSSR count). The van der Waals surface area contributed by atoms with Crippen LogP contribution in [0.15, 0.2) is 23.2 Å². The van der Waals surface area contributed by atoms with Crippen LogP contribution in [0.2, 0.25) is 5.02 Å². The van der Waals surface area contributed by atoms with Gasteiger partial charge in [-0.25, -0.2) is 12.7 Å². The van der Waals surface area contributed by atoms with Crippen LogP contribution in [0.4, 0.5) is 0 Å². The van der Waals surface area contributed by atoms with Crippen molar-refractivity contribution >= 4 is 27.6 Å². The lowest BCUT2D eigenvalue weighted by molar-refractivity contribution is 0.306. The maximum absolute atomic E-state index is 12.0. The van der Waals surface area contributed by atoms with Gasteiger partial charge in [-0.15, -0.1) is 0 Å². The van der Waals surface area contributed by atoms with Crippen molar-refractivity contribution in [3.05, 3.63) is 28.8 Å². The van der Waals surface area contributed by atoms with Gasteiger partial charge in [0.25, 0.3) is 0 Å². The summed E-state index contributed by atoms with van der Waals surface area (Å²) in [4.78, 5) is 4.64. The molecule has 0 atom stereocenters. The maximum Gasteiger partial charge on any atom is 0.213 e. The number of hydrogen-bond donors (Lipinski definition) is 2. The molecule has 1 aliphatic rings. The molecule has 1 heterocycles. The van der Waals surface area contributed by atoms with E-state index in [2.05, 4.69) is 15.6 Å². The van der Waals surface area contributed by atoms with E-state index in [0.29, 0.717) is 24.7 Å². The first-order chi connectivity index (χ1) is 13.4. The number of aliphatic imine (C=N–C) groups is 1. The monoisotopic (exact) mass is 430 g/mol. The predicted octanol–water partition coefficient (Wildman–Crippen LogP) is 2.26. The van der Waals surface area contributed by atoms with Crippen LogP contribution in [-0.2, 0) is 16.4 Å². The quantitative estimate of drug-likeness (QED) is 0.488. The fourth-order valence-corrected chi connectivity index (χ4v) is 4.52. The molecule has 28 heavy (non-hydrogen) atoms. The fourth-order valence-electron chi connectivity index (χ4n) is 3.12. The summed E-state index contributed by atoms with van der Waals surface area (Å²) in [6, 6.07) is 5.88. The van der Waals surface area contributed by atoms with Crippen LogP contribution in [-0.4, -0.2) is 63.8 Å². The molecular formula is C19H31ClN4O3S. The summed E-state index contributed by atoms with van der Waals surface area (Å²) in [5.74, 6) is 1.65. The molecule has 1 fully saturated rings. The Hall–Kier alpha value is -1.51. The topological polar surface area (TPSA) is 83.0 Å². The van der Waals surface area contributed by atoms with Crippen LogP contribution in [0.1, 0.15) is 32.3 Å². The smallest absolute Gasteiger partial charge is 0.213 e. The number of rotatable bonds is 8. The van der Waals surface area contributed by atoms with E-state index in [1.807, 2.05) is 25.1 Å². The molecule has 0 radical (unpaired) electrons. The Balaban J connectivity index is 1.89. The number of nitrogens with one attached hydrogen (secondary N) is 2. The van der Waals surface area contributed by atoms with Gasteiger partial charge >= 0.3 is 0 Å². The minimum absolute atomic E-state index is 0.156. The zero-order chi connectivity index (χ0) is 20.6. The zero-order valence-corrected chi connectivity index (χ0v) is 18.4. The SMILES string of the molecule is CCNC(=NCCc1ccc(OC)cc1Cl)NC1CCN(S(=O)(=O)CC)CC1. The first kappa shape index (κ1) is 22.8. The van der Waals surface area contributed by atoms with Crippen molar-refractivity contribution in [2.24, 2.45) is 4.99 Å². The third-order valence-corrected chi connectivity index (χ3v) is 7.04.